The first-order chi connectivity index (χ1) is 7.83. The number of benzene rings is 1. The summed E-state index contributed by atoms with van der Waals surface area (Å²) in [6.07, 6.45) is 1.59. The van der Waals surface area contributed by atoms with E-state index in [2.05, 4.69) is 5.16 Å². The van der Waals surface area contributed by atoms with Crippen molar-refractivity contribution in [3.05, 3.63) is 53.0 Å². The molecule has 0 unspecified atom stereocenters. The van der Waals surface area contributed by atoms with Crippen LogP contribution in [0.2, 0.25) is 0 Å². The smallest absolute Gasteiger partial charge is 0.336 e. The number of hydrogen-bond acceptors (Lipinski definition) is 4. The summed E-state index contributed by atoms with van der Waals surface area (Å²) < 4.78 is 10.1. The Balaban J connectivity index is 2.24. The van der Waals surface area contributed by atoms with Crippen molar-refractivity contribution < 1.29 is 8.94 Å². The predicted octanol–water partition coefficient (Wildman–Crippen LogP) is 2.45. The van der Waals surface area contributed by atoms with Gasteiger partial charge in [0, 0.05) is 23.1 Å². The lowest BCUT2D eigenvalue weighted by Crippen LogP contribution is -1.93. The maximum atomic E-state index is 11.0. The van der Waals surface area contributed by atoms with Gasteiger partial charge in [0.05, 0.1) is 6.20 Å². The second kappa shape index (κ2) is 3.34. The highest BCUT2D eigenvalue weighted by atomic mass is 16.5. The Morgan fingerprint density at radius 2 is 2.00 bits per heavy atom. The lowest BCUT2D eigenvalue weighted by atomic mass is 10.1. The van der Waals surface area contributed by atoms with Gasteiger partial charge >= 0.3 is 5.63 Å². The maximum Gasteiger partial charge on any atom is 0.336 e. The van der Waals surface area contributed by atoms with Gasteiger partial charge in [0.25, 0.3) is 0 Å². The first-order valence-electron chi connectivity index (χ1n) is 4.78. The van der Waals surface area contributed by atoms with Crippen LogP contribution in [-0.4, -0.2) is 5.16 Å². The van der Waals surface area contributed by atoms with Crippen molar-refractivity contribution in [3.8, 4) is 11.3 Å². The van der Waals surface area contributed by atoms with Crippen LogP contribution < -0.4 is 5.63 Å². The molecule has 0 aliphatic carbocycles. The molecular formula is C12H7NO3. The van der Waals surface area contributed by atoms with Crippen LogP contribution in [0, 0.1) is 0 Å². The van der Waals surface area contributed by atoms with Gasteiger partial charge in [-0.15, -0.1) is 0 Å². The fourth-order valence-corrected chi connectivity index (χ4v) is 1.59. The molecular weight excluding hydrogens is 206 g/mol. The summed E-state index contributed by atoms with van der Waals surface area (Å²) in [5.74, 6) is 0.688. The normalized spacial score (nSPS) is 10.8. The molecule has 78 valence electrons. The Bertz CT molecular complexity index is 683. The van der Waals surface area contributed by atoms with Crippen molar-refractivity contribution in [2.24, 2.45) is 0 Å². The number of rotatable bonds is 1. The van der Waals surface area contributed by atoms with Crippen molar-refractivity contribution in [1.29, 1.82) is 0 Å². The van der Waals surface area contributed by atoms with Crippen LogP contribution in [0.5, 0.6) is 0 Å². The topological polar surface area (TPSA) is 56.2 Å². The van der Waals surface area contributed by atoms with Gasteiger partial charge < -0.3 is 8.94 Å². The zero-order valence-corrected chi connectivity index (χ0v) is 8.21. The molecule has 2 heterocycles. The molecule has 0 fully saturated rings. The zero-order chi connectivity index (χ0) is 11.0. The van der Waals surface area contributed by atoms with Crippen LogP contribution in [0.25, 0.3) is 22.3 Å². The van der Waals surface area contributed by atoms with Gasteiger partial charge in [-0.1, -0.05) is 5.16 Å². The largest absolute Gasteiger partial charge is 0.423 e. The fraction of sp³-hybridized carbons (Fsp3) is 0. The quantitative estimate of drug-likeness (QED) is 0.582. The van der Waals surface area contributed by atoms with E-state index >= 15 is 0 Å². The van der Waals surface area contributed by atoms with Gasteiger partial charge in [0.15, 0.2) is 5.76 Å². The van der Waals surface area contributed by atoms with E-state index in [1.807, 2.05) is 12.1 Å². The minimum Gasteiger partial charge on any atom is -0.423 e. The minimum atomic E-state index is -0.347. The summed E-state index contributed by atoms with van der Waals surface area (Å²) in [5, 5.41) is 4.50. The third-order valence-electron chi connectivity index (χ3n) is 2.34. The molecule has 3 rings (SSSR count). The SMILES string of the molecule is O=c1ccc2cc(-c3ccno3)ccc2o1. The van der Waals surface area contributed by atoms with E-state index in [-0.39, 0.29) is 5.63 Å². The van der Waals surface area contributed by atoms with E-state index in [1.165, 1.54) is 6.07 Å². The van der Waals surface area contributed by atoms with Crippen molar-refractivity contribution in [1.82, 2.24) is 5.16 Å². The molecule has 2 aromatic heterocycles. The Morgan fingerprint density at radius 1 is 1.06 bits per heavy atom. The summed E-state index contributed by atoms with van der Waals surface area (Å²) in [7, 11) is 0. The summed E-state index contributed by atoms with van der Waals surface area (Å²) >= 11 is 0. The average molecular weight is 213 g/mol. The predicted molar refractivity (Wildman–Crippen MR) is 58.0 cm³/mol. The Hall–Kier alpha value is -2.36. The lowest BCUT2D eigenvalue weighted by molar-refractivity contribution is 0.432. The van der Waals surface area contributed by atoms with E-state index in [1.54, 1.807) is 24.4 Å². The van der Waals surface area contributed by atoms with E-state index in [4.69, 9.17) is 8.94 Å². The molecule has 4 heteroatoms. The molecule has 0 spiro atoms. The molecule has 0 aliphatic heterocycles. The first-order valence-corrected chi connectivity index (χ1v) is 4.78. The zero-order valence-electron chi connectivity index (χ0n) is 8.21. The van der Waals surface area contributed by atoms with Gasteiger partial charge in [-0.25, -0.2) is 4.79 Å². The van der Waals surface area contributed by atoms with E-state index in [0.717, 1.165) is 10.9 Å². The van der Waals surface area contributed by atoms with Crippen molar-refractivity contribution in [2.75, 3.05) is 0 Å². The lowest BCUT2D eigenvalue weighted by Gasteiger charge is -1.98. The molecule has 0 aliphatic rings. The summed E-state index contributed by atoms with van der Waals surface area (Å²) in [6, 6.07) is 10.4. The monoisotopic (exact) mass is 213 g/mol. The Morgan fingerprint density at radius 3 is 2.81 bits per heavy atom. The molecule has 3 aromatic rings. The standard InChI is InChI=1S/C12H7NO3/c14-12-4-2-8-7-9(1-3-10(8)15-12)11-5-6-13-16-11/h1-7H. The third-order valence-corrected chi connectivity index (χ3v) is 2.34. The van der Waals surface area contributed by atoms with Crippen LogP contribution in [0.4, 0.5) is 0 Å². The highest BCUT2D eigenvalue weighted by Crippen LogP contribution is 2.22. The number of hydrogen-bond donors (Lipinski definition) is 0. The number of aromatic nitrogens is 1. The van der Waals surface area contributed by atoms with Crippen LogP contribution in [0.15, 0.2) is 56.3 Å². The summed E-state index contributed by atoms with van der Waals surface area (Å²) in [6.45, 7) is 0. The van der Waals surface area contributed by atoms with Gasteiger partial charge in [-0.3, -0.25) is 0 Å². The molecule has 0 atom stereocenters. The molecule has 16 heavy (non-hydrogen) atoms. The average Bonchev–Trinajstić information content (AvgIpc) is 2.82. The Kier molecular flexibility index (Phi) is 1.86. The molecule has 4 nitrogen and oxygen atoms in total. The first kappa shape index (κ1) is 8.91. The molecule has 0 saturated carbocycles. The molecule has 1 aromatic carbocycles. The number of fused-ring (bicyclic) bond motifs is 1. The summed E-state index contributed by atoms with van der Waals surface area (Å²) in [4.78, 5) is 11.0. The third kappa shape index (κ3) is 1.40. The van der Waals surface area contributed by atoms with Gasteiger partial charge in [0.1, 0.15) is 5.58 Å². The van der Waals surface area contributed by atoms with Crippen molar-refractivity contribution in [3.63, 3.8) is 0 Å². The van der Waals surface area contributed by atoms with Gasteiger partial charge in [-0.05, 0) is 24.3 Å². The second-order valence-electron chi connectivity index (χ2n) is 3.38. The Labute approximate surface area is 90.1 Å². The van der Waals surface area contributed by atoms with Crippen molar-refractivity contribution >= 4 is 11.0 Å². The van der Waals surface area contributed by atoms with Gasteiger partial charge in [0.2, 0.25) is 0 Å². The van der Waals surface area contributed by atoms with E-state index in [0.29, 0.717) is 11.3 Å². The highest BCUT2D eigenvalue weighted by Gasteiger charge is 2.04. The highest BCUT2D eigenvalue weighted by molar-refractivity contribution is 5.81. The summed E-state index contributed by atoms with van der Waals surface area (Å²) in [5.41, 5.74) is 1.12. The second-order valence-corrected chi connectivity index (χ2v) is 3.38. The maximum absolute atomic E-state index is 11.0. The molecule has 0 radical (unpaired) electrons. The van der Waals surface area contributed by atoms with Crippen molar-refractivity contribution in [2.45, 2.75) is 0 Å². The van der Waals surface area contributed by atoms with E-state index in [9.17, 15) is 4.79 Å². The molecule has 0 amide bonds. The molecule has 0 N–H and O–H groups in total. The van der Waals surface area contributed by atoms with E-state index < -0.39 is 0 Å². The van der Waals surface area contributed by atoms with Crippen LogP contribution in [0.3, 0.4) is 0 Å². The fourth-order valence-electron chi connectivity index (χ4n) is 1.59. The van der Waals surface area contributed by atoms with Crippen LogP contribution >= 0.6 is 0 Å². The molecule has 0 saturated heterocycles. The number of nitrogens with zero attached hydrogens (tertiary/aromatic N) is 1. The minimum absolute atomic E-state index is 0.347. The molecule has 0 bridgehead atoms. The van der Waals surface area contributed by atoms with Crippen LogP contribution in [-0.2, 0) is 0 Å². The van der Waals surface area contributed by atoms with Crippen LogP contribution in [0.1, 0.15) is 0 Å². The van der Waals surface area contributed by atoms with Gasteiger partial charge in [-0.2, -0.15) is 0 Å².